The fourth-order valence-electron chi connectivity index (χ4n) is 2.03. The van der Waals surface area contributed by atoms with Crippen LogP contribution < -0.4 is 0 Å². The summed E-state index contributed by atoms with van der Waals surface area (Å²) in [6.07, 6.45) is 2.85. The van der Waals surface area contributed by atoms with Gasteiger partial charge in [-0.25, -0.2) is 0 Å². The maximum Gasteiger partial charge on any atom is 0.140 e. The maximum absolute atomic E-state index is 4.25. The van der Waals surface area contributed by atoms with Gasteiger partial charge in [0.1, 0.15) is 12.2 Å². The molecule has 0 radical (unpaired) electrons. The van der Waals surface area contributed by atoms with Crippen molar-refractivity contribution >= 4 is 0 Å². The molecule has 0 aliphatic rings. The minimum absolute atomic E-state index is 0.351. The Kier molecular flexibility index (Phi) is 3.34. The van der Waals surface area contributed by atoms with Crippen LogP contribution in [-0.2, 0) is 6.54 Å². The molecule has 0 aliphatic heterocycles. The van der Waals surface area contributed by atoms with E-state index in [9.17, 15) is 0 Å². The molecule has 0 saturated carbocycles. The van der Waals surface area contributed by atoms with Crippen LogP contribution in [0.3, 0.4) is 0 Å². The van der Waals surface area contributed by atoms with Gasteiger partial charge in [-0.15, -0.1) is 10.2 Å². The van der Waals surface area contributed by atoms with E-state index in [2.05, 4.69) is 52.9 Å². The molecule has 0 N–H and O–H groups in total. The minimum atomic E-state index is 0.351. The first kappa shape index (κ1) is 10.9. The Bertz CT molecular complexity index is 433. The Morgan fingerprint density at radius 3 is 2.56 bits per heavy atom. The summed E-state index contributed by atoms with van der Waals surface area (Å²) < 4.78 is 2.11. The molecule has 2 aromatic rings. The van der Waals surface area contributed by atoms with Crippen molar-refractivity contribution in [2.75, 3.05) is 0 Å². The lowest BCUT2D eigenvalue weighted by molar-refractivity contribution is 0.630. The molecule has 0 saturated heterocycles. The molecule has 0 bridgehead atoms. The fourth-order valence-corrected chi connectivity index (χ4v) is 2.03. The monoisotopic (exact) mass is 215 g/mol. The zero-order chi connectivity index (χ0) is 11.4. The molecular weight excluding hydrogens is 198 g/mol. The van der Waals surface area contributed by atoms with E-state index >= 15 is 0 Å². The molecule has 1 heterocycles. The van der Waals surface area contributed by atoms with Crippen LogP contribution in [0.25, 0.3) is 0 Å². The van der Waals surface area contributed by atoms with Gasteiger partial charge >= 0.3 is 0 Å². The Morgan fingerprint density at radius 2 is 1.94 bits per heavy atom. The van der Waals surface area contributed by atoms with Gasteiger partial charge in [-0.05, 0) is 18.9 Å². The minimum Gasteiger partial charge on any atom is -0.317 e. The molecule has 1 unspecified atom stereocenters. The lowest BCUT2D eigenvalue weighted by Crippen LogP contribution is -2.08. The summed E-state index contributed by atoms with van der Waals surface area (Å²) in [5.74, 6) is 1.42. The summed E-state index contributed by atoms with van der Waals surface area (Å²) in [6, 6.07) is 10.5. The van der Waals surface area contributed by atoms with E-state index < -0.39 is 0 Å². The first-order valence-electron chi connectivity index (χ1n) is 5.79. The van der Waals surface area contributed by atoms with Gasteiger partial charge in [0, 0.05) is 12.5 Å². The number of benzene rings is 1. The van der Waals surface area contributed by atoms with Crippen LogP contribution in [0.15, 0.2) is 36.7 Å². The van der Waals surface area contributed by atoms with Crippen molar-refractivity contribution < 1.29 is 0 Å². The SMILES string of the molecule is CCC(c1ccccc1)c1nncn1CC. The van der Waals surface area contributed by atoms with E-state index in [0.717, 1.165) is 18.8 Å². The average molecular weight is 215 g/mol. The van der Waals surface area contributed by atoms with E-state index in [0.29, 0.717) is 5.92 Å². The van der Waals surface area contributed by atoms with Crippen molar-refractivity contribution in [3.8, 4) is 0 Å². The van der Waals surface area contributed by atoms with Crippen LogP contribution in [-0.4, -0.2) is 14.8 Å². The third-order valence-electron chi connectivity index (χ3n) is 2.91. The van der Waals surface area contributed by atoms with Crippen LogP contribution in [0.5, 0.6) is 0 Å². The Morgan fingerprint density at radius 1 is 1.19 bits per heavy atom. The predicted molar refractivity (Wildman–Crippen MR) is 64.3 cm³/mol. The lowest BCUT2D eigenvalue weighted by atomic mass is 9.96. The number of aromatic nitrogens is 3. The molecule has 3 nitrogen and oxygen atoms in total. The van der Waals surface area contributed by atoms with Gasteiger partial charge < -0.3 is 4.57 Å². The van der Waals surface area contributed by atoms with Crippen molar-refractivity contribution in [3.05, 3.63) is 48.0 Å². The number of aryl methyl sites for hydroxylation is 1. The van der Waals surface area contributed by atoms with Gasteiger partial charge in [0.25, 0.3) is 0 Å². The standard InChI is InChI=1S/C13H17N3/c1-3-12(11-8-6-5-7-9-11)13-15-14-10-16(13)4-2/h5-10,12H,3-4H2,1-2H3. The number of rotatable bonds is 4. The molecule has 1 atom stereocenters. The number of hydrogen-bond donors (Lipinski definition) is 0. The van der Waals surface area contributed by atoms with E-state index in [1.165, 1.54) is 5.56 Å². The molecule has 84 valence electrons. The molecule has 16 heavy (non-hydrogen) atoms. The smallest absolute Gasteiger partial charge is 0.140 e. The number of nitrogens with zero attached hydrogens (tertiary/aromatic N) is 3. The summed E-state index contributed by atoms with van der Waals surface area (Å²) in [4.78, 5) is 0. The van der Waals surface area contributed by atoms with E-state index in [1.807, 2.05) is 6.07 Å². The largest absolute Gasteiger partial charge is 0.317 e. The third-order valence-corrected chi connectivity index (χ3v) is 2.91. The molecule has 0 amide bonds. The van der Waals surface area contributed by atoms with Crippen LogP contribution in [0, 0.1) is 0 Å². The lowest BCUT2D eigenvalue weighted by Gasteiger charge is -2.15. The summed E-state index contributed by atoms with van der Waals surface area (Å²) in [5, 5.41) is 8.25. The molecular formula is C13H17N3. The van der Waals surface area contributed by atoms with Gasteiger partial charge in [0.15, 0.2) is 0 Å². The van der Waals surface area contributed by atoms with Crippen LogP contribution in [0.2, 0.25) is 0 Å². The topological polar surface area (TPSA) is 30.7 Å². The second-order valence-electron chi connectivity index (χ2n) is 3.85. The molecule has 0 fully saturated rings. The van der Waals surface area contributed by atoms with Crippen molar-refractivity contribution in [3.63, 3.8) is 0 Å². The van der Waals surface area contributed by atoms with Crippen LogP contribution in [0.1, 0.15) is 37.6 Å². The van der Waals surface area contributed by atoms with Gasteiger partial charge in [-0.3, -0.25) is 0 Å². The first-order chi connectivity index (χ1) is 7.86. The summed E-state index contributed by atoms with van der Waals surface area (Å²) in [5.41, 5.74) is 1.31. The average Bonchev–Trinajstić information content (AvgIpc) is 2.80. The molecule has 1 aromatic carbocycles. The zero-order valence-electron chi connectivity index (χ0n) is 9.80. The Balaban J connectivity index is 2.37. The zero-order valence-corrected chi connectivity index (χ0v) is 9.80. The van der Waals surface area contributed by atoms with E-state index in [1.54, 1.807) is 6.33 Å². The van der Waals surface area contributed by atoms with Crippen LogP contribution >= 0.6 is 0 Å². The number of hydrogen-bond acceptors (Lipinski definition) is 2. The first-order valence-corrected chi connectivity index (χ1v) is 5.79. The highest BCUT2D eigenvalue weighted by molar-refractivity contribution is 5.25. The summed E-state index contributed by atoms with van der Waals surface area (Å²) in [7, 11) is 0. The maximum atomic E-state index is 4.25. The van der Waals surface area contributed by atoms with Crippen molar-refractivity contribution in [1.82, 2.24) is 14.8 Å². The Hall–Kier alpha value is -1.64. The summed E-state index contributed by atoms with van der Waals surface area (Å²) >= 11 is 0. The molecule has 1 aromatic heterocycles. The quantitative estimate of drug-likeness (QED) is 0.785. The van der Waals surface area contributed by atoms with Gasteiger partial charge in [0.05, 0.1) is 0 Å². The second kappa shape index (κ2) is 4.92. The molecule has 2 rings (SSSR count). The summed E-state index contributed by atoms with van der Waals surface area (Å²) in [6.45, 7) is 5.22. The molecule has 3 heteroatoms. The van der Waals surface area contributed by atoms with Gasteiger partial charge in [-0.1, -0.05) is 37.3 Å². The fraction of sp³-hybridized carbons (Fsp3) is 0.385. The highest BCUT2D eigenvalue weighted by Gasteiger charge is 2.17. The second-order valence-corrected chi connectivity index (χ2v) is 3.85. The van der Waals surface area contributed by atoms with E-state index in [-0.39, 0.29) is 0 Å². The normalized spacial score (nSPS) is 12.6. The highest BCUT2D eigenvalue weighted by Crippen LogP contribution is 2.25. The van der Waals surface area contributed by atoms with Crippen LogP contribution in [0.4, 0.5) is 0 Å². The van der Waals surface area contributed by atoms with Crippen molar-refractivity contribution in [2.45, 2.75) is 32.7 Å². The van der Waals surface area contributed by atoms with Crippen molar-refractivity contribution in [1.29, 1.82) is 0 Å². The van der Waals surface area contributed by atoms with Crippen molar-refractivity contribution in [2.24, 2.45) is 0 Å². The molecule has 0 aliphatic carbocycles. The predicted octanol–water partition coefficient (Wildman–Crippen LogP) is 2.84. The molecule has 0 spiro atoms. The van der Waals surface area contributed by atoms with Gasteiger partial charge in [0.2, 0.25) is 0 Å². The van der Waals surface area contributed by atoms with Gasteiger partial charge in [-0.2, -0.15) is 0 Å². The third kappa shape index (κ3) is 1.98. The van der Waals surface area contributed by atoms with E-state index in [4.69, 9.17) is 0 Å². The Labute approximate surface area is 96.1 Å². The highest BCUT2D eigenvalue weighted by atomic mass is 15.3.